The molecule has 0 unspecified atom stereocenters. The molecule has 3 rings (SSSR count). The largest absolute Gasteiger partial charge is 0.354 e. The van der Waals surface area contributed by atoms with Gasteiger partial charge in [0.1, 0.15) is 5.82 Å². The fourth-order valence-corrected chi connectivity index (χ4v) is 2.89. The summed E-state index contributed by atoms with van der Waals surface area (Å²) in [5, 5.41) is 2.99. The molecule has 1 aliphatic heterocycles. The Morgan fingerprint density at radius 1 is 1.17 bits per heavy atom. The first-order chi connectivity index (χ1) is 11.5. The zero-order valence-corrected chi connectivity index (χ0v) is 14.6. The maximum Gasteiger partial charge on any atom is 0.251 e. The van der Waals surface area contributed by atoms with Crippen molar-refractivity contribution in [2.75, 3.05) is 38.1 Å². The van der Waals surface area contributed by atoms with Gasteiger partial charge in [-0.05, 0) is 38.2 Å². The van der Waals surface area contributed by atoms with Gasteiger partial charge in [0.15, 0.2) is 0 Å². The number of rotatable bonds is 4. The zero-order chi connectivity index (χ0) is 17.1. The number of carbonyl (C=O) groups excluding carboxylic acids is 1. The second-order valence-corrected chi connectivity index (χ2v) is 6.40. The molecule has 0 aliphatic carbocycles. The van der Waals surface area contributed by atoms with Crippen LogP contribution in [0.4, 0.5) is 5.82 Å². The van der Waals surface area contributed by atoms with Crippen molar-refractivity contribution in [3.05, 3.63) is 47.4 Å². The Balaban J connectivity index is 1.65. The lowest BCUT2D eigenvalue weighted by Gasteiger charge is -2.33. The van der Waals surface area contributed by atoms with E-state index in [1.54, 1.807) is 12.3 Å². The van der Waals surface area contributed by atoms with Gasteiger partial charge >= 0.3 is 0 Å². The number of amides is 1. The van der Waals surface area contributed by atoms with Crippen LogP contribution in [0.1, 0.15) is 21.7 Å². The number of carbonyl (C=O) groups is 1. The molecule has 2 aromatic rings. The molecule has 0 spiro atoms. The van der Waals surface area contributed by atoms with Crippen LogP contribution in [0.5, 0.6) is 0 Å². The predicted octanol–water partition coefficient (Wildman–Crippen LogP) is 1.41. The van der Waals surface area contributed by atoms with E-state index in [0.717, 1.165) is 37.7 Å². The summed E-state index contributed by atoms with van der Waals surface area (Å²) in [6.07, 6.45) is 1.72. The van der Waals surface area contributed by atoms with E-state index in [1.165, 1.54) is 5.69 Å². The minimum Gasteiger partial charge on any atom is -0.354 e. The lowest BCUT2D eigenvalue weighted by Crippen LogP contribution is -2.44. The van der Waals surface area contributed by atoms with Crippen molar-refractivity contribution < 1.29 is 4.79 Å². The molecule has 1 amide bonds. The minimum absolute atomic E-state index is 0.0633. The molecule has 128 valence electrons. The van der Waals surface area contributed by atoms with Crippen molar-refractivity contribution in [3.8, 4) is 0 Å². The second kappa shape index (κ2) is 7.05. The first-order valence-electron chi connectivity index (χ1n) is 8.33. The van der Waals surface area contributed by atoms with Gasteiger partial charge in [0.05, 0.1) is 6.54 Å². The highest BCUT2D eigenvalue weighted by atomic mass is 16.1. The Kier molecular flexibility index (Phi) is 4.85. The van der Waals surface area contributed by atoms with Crippen LogP contribution in [0.25, 0.3) is 0 Å². The number of pyridine rings is 1. The third kappa shape index (κ3) is 3.59. The fourth-order valence-electron chi connectivity index (χ4n) is 2.89. The number of piperazine rings is 1. The third-order valence-corrected chi connectivity index (χ3v) is 4.74. The van der Waals surface area contributed by atoms with Crippen molar-refractivity contribution in [2.24, 2.45) is 7.05 Å². The number of aromatic nitrogens is 2. The first kappa shape index (κ1) is 16.5. The van der Waals surface area contributed by atoms with Crippen molar-refractivity contribution in [1.82, 2.24) is 19.8 Å². The Morgan fingerprint density at radius 3 is 2.58 bits per heavy atom. The molecule has 1 aliphatic rings. The van der Waals surface area contributed by atoms with Crippen LogP contribution in [0, 0.1) is 6.92 Å². The van der Waals surface area contributed by atoms with Gasteiger partial charge in [-0.15, -0.1) is 0 Å². The van der Waals surface area contributed by atoms with Crippen molar-refractivity contribution in [1.29, 1.82) is 0 Å². The first-order valence-corrected chi connectivity index (χ1v) is 8.33. The Bertz CT molecular complexity index is 716. The van der Waals surface area contributed by atoms with Gasteiger partial charge in [0.2, 0.25) is 0 Å². The summed E-state index contributed by atoms with van der Waals surface area (Å²) in [6.45, 7) is 6.50. The molecule has 3 heterocycles. The number of likely N-dealkylation sites (N-methyl/N-ethyl adjacent to an activating group) is 1. The van der Waals surface area contributed by atoms with Crippen molar-refractivity contribution in [2.45, 2.75) is 13.5 Å². The fraction of sp³-hybridized carbons (Fsp3) is 0.444. The molecule has 0 atom stereocenters. The lowest BCUT2D eigenvalue weighted by atomic mass is 10.2. The lowest BCUT2D eigenvalue weighted by molar-refractivity contribution is 0.0950. The highest BCUT2D eigenvalue weighted by molar-refractivity contribution is 5.94. The molecule has 1 N–H and O–H groups in total. The average molecular weight is 327 g/mol. The summed E-state index contributed by atoms with van der Waals surface area (Å²) < 4.78 is 2.09. The number of aryl methyl sites for hydroxylation is 1. The van der Waals surface area contributed by atoms with E-state index in [1.807, 2.05) is 19.2 Å². The summed E-state index contributed by atoms with van der Waals surface area (Å²) in [5.74, 6) is 0.817. The molecule has 1 fully saturated rings. The van der Waals surface area contributed by atoms with Gasteiger partial charge in [-0.25, -0.2) is 4.98 Å². The average Bonchev–Trinajstić information content (AvgIpc) is 2.92. The number of hydrogen-bond acceptors (Lipinski definition) is 4. The minimum atomic E-state index is -0.0633. The van der Waals surface area contributed by atoms with Crippen LogP contribution >= 0.6 is 0 Å². The Morgan fingerprint density at radius 2 is 1.92 bits per heavy atom. The van der Waals surface area contributed by atoms with E-state index in [4.69, 9.17) is 0 Å². The summed E-state index contributed by atoms with van der Waals surface area (Å²) in [7, 11) is 4.13. The van der Waals surface area contributed by atoms with E-state index in [0.29, 0.717) is 12.1 Å². The van der Waals surface area contributed by atoms with Gasteiger partial charge in [-0.2, -0.15) is 0 Å². The summed E-state index contributed by atoms with van der Waals surface area (Å²) in [4.78, 5) is 21.4. The SMILES string of the molecule is Cc1ccc(CNC(=O)c2ccnc(N3CCN(C)CC3)c2)n1C. The highest BCUT2D eigenvalue weighted by Gasteiger charge is 2.16. The molecule has 0 bridgehead atoms. The van der Waals surface area contributed by atoms with Gasteiger partial charge in [-0.1, -0.05) is 0 Å². The van der Waals surface area contributed by atoms with E-state index in [-0.39, 0.29) is 5.91 Å². The number of hydrogen-bond donors (Lipinski definition) is 1. The monoisotopic (exact) mass is 327 g/mol. The molecule has 0 saturated carbocycles. The number of anilines is 1. The highest BCUT2D eigenvalue weighted by Crippen LogP contribution is 2.15. The van der Waals surface area contributed by atoms with Gasteiger partial charge in [0, 0.05) is 56.4 Å². The van der Waals surface area contributed by atoms with Crippen LogP contribution in [-0.2, 0) is 13.6 Å². The Hall–Kier alpha value is -2.34. The van der Waals surface area contributed by atoms with Crippen LogP contribution in [0.2, 0.25) is 0 Å². The molecule has 6 heteroatoms. The van der Waals surface area contributed by atoms with E-state index in [2.05, 4.69) is 44.7 Å². The quantitative estimate of drug-likeness (QED) is 0.922. The van der Waals surface area contributed by atoms with Crippen molar-refractivity contribution in [3.63, 3.8) is 0 Å². The molecule has 2 aromatic heterocycles. The number of nitrogens with one attached hydrogen (secondary N) is 1. The number of nitrogens with zero attached hydrogens (tertiary/aromatic N) is 4. The summed E-state index contributed by atoms with van der Waals surface area (Å²) in [6, 6.07) is 7.75. The Labute approximate surface area is 143 Å². The standard InChI is InChI=1S/C18H25N5O/c1-14-4-5-16(22(14)3)13-20-18(24)15-6-7-19-17(12-15)23-10-8-21(2)9-11-23/h4-7,12H,8-11,13H2,1-3H3,(H,20,24). The molecule has 0 radical (unpaired) electrons. The molecule has 0 aromatic carbocycles. The van der Waals surface area contributed by atoms with E-state index < -0.39 is 0 Å². The van der Waals surface area contributed by atoms with Gasteiger partial charge < -0.3 is 19.7 Å². The third-order valence-electron chi connectivity index (χ3n) is 4.74. The van der Waals surface area contributed by atoms with Crippen LogP contribution in [0.3, 0.4) is 0 Å². The maximum atomic E-state index is 12.4. The molecule has 1 saturated heterocycles. The van der Waals surface area contributed by atoms with Crippen molar-refractivity contribution >= 4 is 11.7 Å². The second-order valence-electron chi connectivity index (χ2n) is 6.40. The van der Waals surface area contributed by atoms with Gasteiger partial charge in [-0.3, -0.25) is 4.79 Å². The van der Waals surface area contributed by atoms with Crippen LogP contribution in [-0.4, -0.2) is 53.6 Å². The molecular formula is C18H25N5O. The molecular weight excluding hydrogens is 302 g/mol. The topological polar surface area (TPSA) is 53.4 Å². The normalized spacial score (nSPS) is 15.5. The van der Waals surface area contributed by atoms with E-state index >= 15 is 0 Å². The predicted molar refractivity (Wildman–Crippen MR) is 95.3 cm³/mol. The summed E-state index contributed by atoms with van der Waals surface area (Å²) in [5.41, 5.74) is 2.93. The van der Waals surface area contributed by atoms with Crippen LogP contribution < -0.4 is 10.2 Å². The molecule has 6 nitrogen and oxygen atoms in total. The zero-order valence-electron chi connectivity index (χ0n) is 14.6. The van der Waals surface area contributed by atoms with Crippen LogP contribution in [0.15, 0.2) is 30.5 Å². The summed E-state index contributed by atoms with van der Waals surface area (Å²) >= 11 is 0. The maximum absolute atomic E-state index is 12.4. The van der Waals surface area contributed by atoms with Gasteiger partial charge in [0.25, 0.3) is 5.91 Å². The van der Waals surface area contributed by atoms with E-state index in [9.17, 15) is 4.79 Å². The smallest absolute Gasteiger partial charge is 0.251 e. The molecule has 24 heavy (non-hydrogen) atoms.